The van der Waals surface area contributed by atoms with Crippen molar-refractivity contribution in [1.29, 1.82) is 0 Å². The third kappa shape index (κ3) is 4.80. The Kier molecular flexibility index (Phi) is 6.89. The Morgan fingerprint density at radius 3 is 2.46 bits per heavy atom. The number of likely N-dealkylation sites (tertiary alicyclic amines) is 1. The van der Waals surface area contributed by atoms with Crippen LogP contribution in [0.3, 0.4) is 0 Å². The minimum absolute atomic E-state index is 0.0474. The van der Waals surface area contributed by atoms with Crippen LogP contribution in [0.4, 0.5) is 19.0 Å². The molecule has 1 aromatic carbocycles. The van der Waals surface area contributed by atoms with E-state index in [1.165, 1.54) is 6.20 Å². The molecule has 2 saturated heterocycles. The van der Waals surface area contributed by atoms with Gasteiger partial charge in [0.2, 0.25) is 5.82 Å². The number of rotatable bonds is 5. The lowest BCUT2D eigenvalue weighted by Gasteiger charge is -2.40. The van der Waals surface area contributed by atoms with Gasteiger partial charge < -0.3 is 24.4 Å². The molecule has 6 rings (SSSR count). The summed E-state index contributed by atoms with van der Waals surface area (Å²) in [6, 6.07) is 6.84. The zero-order valence-corrected chi connectivity index (χ0v) is 23.4. The Labute approximate surface area is 234 Å². The van der Waals surface area contributed by atoms with E-state index in [0.717, 1.165) is 19.4 Å². The molecule has 13 heteroatoms. The van der Waals surface area contributed by atoms with E-state index in [4.69, 9.17) is 4.74 Å². The zero-order valence-electron chi connectivity index (χ0n) is 23.4. The molecule has 2 aliphatic heterocycles. The number of nitrogens with one attached hydrogen (secondary N) is 1. The molecule has 0 spiro atoms. The molecule has 2 fully saturated rings. The fourth-order valence-electron chi connectivity index (χ4n) is 6.10. The molecule has 0 radical (unpaired) electrons. The second-order valence-electron chi connectivity index (χ2n) is 11.1. The van der Waals surface area contributed by atoms with E-state index in [9.17, 15) is 18.0 Å². The summed E-state index contributed by atoms with van der Waals surface area (Å²) >= 11 is 0. The van der Waals surface area contributed by atoms with Gasteiger partial charge in [0.1, 0.15) is 12.1 Å². The van der Waals surface area contributed by atoms with Crippen molar-refractivity contribution in [3.05, 3.63) is 46.6 Å². The first-order valence-electron chi connectivity index (χ1n) is 13.8. The number of aryl methyl sites for hydroxylation is 1. The fraction of sp³-hybridized carbons (Fsp3) is 0.500. The Bertz CT molecular complexity index is 1660. The summed E-state index contributed by atoms with van der Waals surface area (Å²) in [5, 5.41) is 3.81. The van der Waals surface area contributed by atoms with Crippen molar-refractivity contribution >= 4 is 27.8 Å². The molecule has 5 heterocycles. The number of hydrogen-bond acceptors (Lipinski definition) is 8. The van der Waals surface area contributed by atoms with Crippen LogP contribution in [0.5, 0.6) is 6.01 Å². The fourth-order valence-corrected chi connectivity index (χ4v) is 6.10. The normalized spacial score (nSPS) is 22.2. The highest BCUT2D eigenvalue weighted by Gasteiger charge is 2.40. The van der Waals surface area contributed by atoms with Crippen molar-refractivity contribution in [3.8, 4) is 11.7 Å². The minimum Gasteiger partial charge on any atom is -0.462 e. The number of hydrogen-bond donors (Lipinski definition) is 1. The maximum absolute atomic E-state index is 14.7. The van der Waals surface area contributed by atoms with Crippen molar-refractivity contribution < 1.29 is 17.9 Å². The molecule has 41 heavy (non-hydrogen) atoms. The first-order valence-corrected chi connectivity index (χ1v) is 13.8. The van der Waals surface area contributed by atoms with Crippen molar-refractivity contribution in [1.82, 2.24) is 34.3 Å². The Morgan fingerprint density at radius 2 is 1.78 bits per heavy atom. The van der Waals surface area contributed by atoms with E-state index < -0.39 is 17.6 Å². The number of likely N-dealkylation sites (N-methyl/N-ethyl adjacent to an activating group) is 1. The monoisotopic (exact) mass is 570 g/mol. The van der Waals surface area contributed by atoms with Crippen LogP contribution in [0.15, 0.2) is 35.3 Å². The van der Waals surface area contributed by atoms with Crippen LogP contribution >= 0.6 is 0 Å². The summed E-state index contributed by atoms with van der Waals surface area (Å²) in [6.45, 7) is 6.35. The molecular formula is C28H33F3N8O2. The van der Waals surface area contributed by atoms with E-state index in [1.807, 2.05) is 25.8 Å². The molecule has 0 saturated carbocycles. The van der Waals surface area contributed by atoms with Crippen LogP contribution in [0, 0.1) is 0 Å². The quantitative estimate of drug-likeness (QED) is 0.391. The standard InChI is InChI=1S/C28H33F3N8O2/c1-16-12-32-13-17(2)38(16)24-22-23(34-27(35-24)41-15-18-8-7-11-36(18)3)25(40)39(26(33-22)28(29,30)31)21-14-37(4)20-10-6-5-9-19(20)21/h5-6,9-10,14,16-18,32H,7-8,11-13,15H2,1-4H3/t16-,17-,18-/m0/s1. The van der Waals surface area contributed by atoms with Crippen molar-refractivity contribution in [2.75, 3.05) is 38.2 Å². The number of piperazine rings is 1. The summed E-state index contributed by atoms with van der Waals surface area (Å²) in [7, 11) is 3.74. The number of para-hydroxylation sites is 1. The number of aromatic nitrogens is 5. The van der Waals surface area contributed by atoms with Gasteiger partial charge >= 0.3 is 12.2 Å². The average Bonchev–Trinajstić information content (AvgIpc) is 3.49. The van der Waals surface area contributed by atoms with E-state index in [1.54, 1.807) is 35.9 Å². The predicted molar refractivity (Wildman–Crippen MR) is 150 cm³/mol. The smallest absolute Gasteiger partial charge is 0.450 e. The summed E-state index contributed by atoms with van der Waals surface area (Å²) in [5.41, 5.74) is -0.581. The van der Waals surface area contributed by atoms with Gasteiger partial charge in [-0.05, 0) is 46.3 Å². The lowest BCUT2D eigenvalue weighted by molar-refractivity contribution is -0.146. The summed E-state index contributed by atoms with van der Waals surface area (Å²) in [6.07, 6.45) is -1.42. The maximum atomic E-state index is 14.7. The van der Waals surface area contributed by atoms with Crippen LogP contribution < -0.4 is 20.5 Å². The minimum atomic E-state index is -4.93. The summed E-state index contributed by atoms with van der Waals surface area (Å²) in [4.78, 5) is 31.3. The SMILES string of the molecule is C[C@H]1CNC[C@H](C)N1c1nc(OC[C@@H]2CCCN2C)nc2c(=O)n(-c3cn(C)c4ccccc34)c(C(F)(F)F)nc12. The lowest BCUT2D eigenvalue weighted by Crippen LogP contribution is -2.55. The Balaban J connectivity index is 1.61. The van der Waals surface area contributed by atoms with Crippen LogP contribution in [-0.2, 0) is 13.2 Å². The molecule has 0 unspecified atom stereocenters. The molecule has 1 N–H and O–H groups in total. The number of anilines is 1. The molecule has 4 aromatic rings. The van der Waals surface area contributed by atoms with E-state index in [-0.39, 0.29) is 46.7 Å². The third-order valence-corrected chi connectivity index (χ3v) is 8.20. The van der Waals surface area contributed by atoms with Gasteiger partial charge in [-0.1, -0.05) is 18.2 Å². The highest BCUT2D eigenvalue weighted by Crippen LogP contribution is 2.35. The second kappa shape index (κ2) is 10.3. The molecule has 0 aliphatic carbocycles. The van der Waals surface area contributed by atoms with Gasteiger partial charge in [-0.15, -0.1) is 0 Å². The van der Waals surface area contributed by atoms with Gasteiger partial charge in [0, 0.05) is 55.4 Å². The molecule has 3 aromatic heterocycles. The maximum Gasteiger partial charge on any atom is 0.450 e. The number of nitrogens with zero attached hydrogens (tertiary/aromatic N) is 7. The number of ether oxygens (including phenoxy) is 1. The Hall–Kier alpha value is -3.71. The molecule has 0 amide bonds. The number of halogens is 3. The molecule has 0 bridgehead atoms. The first kappa shape index (κ1) is 27.5. The van der Waals surface area contributed by atoms with Crippen molar-refractivity contribution in [3.63, 3.8) is 0 Å². The van der Waals surface area contributed by atoms with Crippen LogP contribution in [0.1, 0.15) is 32.5 Å². The van der Waals surface area contributed by atoms with E-state index in [2.05, 4.69) is 25.2 Å². The zero-order chi connectivity index (χ0) is 29.1. The molecule has 3 atom stereocenters. The van der Waals surface area contributed by atoms with Gasteiger partial charge in [0.05, 0.1) is 5.69 Å². The first-order chi connectivity index (χ1) is 19.5. The van der Waals surface area contributed by atoms with Gasteiger partial charge in [0.25, 0.3) is 5.56 Å². The average molecular weight is 571 g/mol. The largest absolute Gasteiger partial charge is 0.462 e. The van der Waals surface area contributed by atoms with E-state index >= 15 is 0 Å². The Morgan fingerprint density at radius 1 is 1.05 bits per heavy atom. The third-order valence-electron chi connectivity index (χ3n) is 8.20. The van der Waals surface area contributed by atoms with Gasteiger partial charge in [-0.3, -0.25) is 9.36 Å². The molecular weight excluding hydrogens is 537 g/mol. The number of benzene rings is 1. The second-order valence-corrected chi connectivity index (χ2v) is 11.1. The highest BCUT2D eigenvalue weighted by atomic mass is 19.4. The number of alkyl halides is 3. The topological polar surface area (TPSA) is 93.3 Å². The highest BCUT2D eigenvalue weighted by molar-refractivity contribution is 5.90. The summed E-state index contributed by atoms with van der Waals surface area (Å²) < 4.78 is 52.3. The lowest BCUT2D eigenvalue weighted by atomic mass is 10.1. The molecule has 218 valence electrons. The van der Waals surface area contributed by atoms with Gasteiger partial charge in [-0.2, -0.15) is 23.1 Å². The number of fused-ring (bicyclic) bond motifs is 2. The van der Waals surface area contributed by atoms with Crippen molar-refractivity contribution in [2.45, 2.75) is 51.0 Å². The van der Waals surface area contributed by atoms with Gasteiger partial charge in [0.15, 0.2) is 11.3 Å². The molecule has 2 aliphatic rings. The van der Waals surface area contributed by atoms with Crippen LogP contribution in [0.25, 0.3) is 27.6 Å². The van der Waals surface area contributed by atoms with Gasteiger partial charge in [-0.25, -0.2) is 4.98 Å². The van der Waals surface area contributed by atoms with E-state index in [0.29, 0.717) is 35.2 Å². The summed E-state index contributed by atoms with van der Waals surface area (Å²) in [5.74, 6) is -1.16. The van der Waals surface area contributed by atoms with Crippen LogP contribution in [0.2, 0.25) is 0 Å². The predicted octanol–water partition coefficient (Wildman–Crippen LogP) is 3.35. The van der Waals surface area contributed by atoms with Crippen LogP contribution in [-0.4, -0.2) is 80.4 Å². The van der Waals surface area contributed by atoms with Crippen molar-refractivity contribution in [2.24, 2.45) is 7.05 Å². The molecule has 10 nitrogen and oxygen atoms in total.